The van der Waals surface area contributed by atoms with Crippen LogP contribution in [0.2, 0.25) is 10.0 Å². The zero-order chi connectivity index (χ0) is 15.3. The number of nitrogens with one attached hydrogen (secondary N) is 2. The monoisotopic (exact) mass is 351 g/mol. The van der Waals surface area contributed by atoms with Crippen molar-refractivity contribution in [3.05, 3.63) is 28.2 Å². The summed E-state index contributed by atoms with van der Waals surface area (Å²) in [5.74, 6) is 0. The van der Waals surface area contributed by atoms with Crippen LogP contribution in [0.4, 0.5) is 0 Å². The Bertz CT molecular complexity index is 575. The molecule has 2 N–H and O–H groups in total. The van der Waals surface area contributed by atoms with Gasteiger partial charge in [-0.2, -0.15) is 0 Å². The summed E-state index contributed by atoms with van der Waals surface area (Å²) in [5, 5.41) is 3.86. The fourth-order valence-electron chi connectivity index (χ4n) is 2.17. The van der Waals surface area contributed by atoms with Crippen LogP contribution in [0.1, 0.15) is 6.42 Å². The van der Waals surface area contributed by atoms with Gasteiger partial charge in [0.2, 0.25) is 10.0 Å². The smallest absolute Gasteiger partial charge is 0.240 e. The Labute approximate surface area is 135 Å². The largest absolute Gasteiger partial charge is 0.314 e. The predicted molar refractivity (Wildman–Crippen MR) is 85.6 cm³/mol. The summed E-state index contributed by atoms with van der Waals surface area (Å²) in [6, 6.07) is 4.30. The third-order valence-electron chi connectivity index (χ3n) is 3.35. The molecule has 0 aliphatic carbocycles. The van der Waals surface area contributed by atoms with E-state index in [1.807, 2.05) is 0 Å². The lowest BCUT2D eigenvalue weighted by atomic mass is 10.3. The maximum atomic E-state index is 12.1. The lowest BCUT2D eigenvalue weighted by Gasteiger charge is -2.27. The molecule has 0 saturated carbocycles. The fourth-order valence-corrected chi connectivity index (χ4v) is 3.63. The first kappa shape index (κ1) is 17.0. The lowest BCUT2D eigenvalue weighted by Crippen LogP contribution is -2.44. The standard InChI is InChI=1S/C13H19Cl2N3O2S/c14-12-3-2-11(10-13(12)15)21(19,20)17-4-1-7-18-8-5-16-6-9-18/h2-3,10,16-17H,1,4-9H2. The van der Waals surface area contributed by atoms with E-state index >= 15 is 0 Å². The zero-order valence-electron chi connectivity index (χ0n) is 11.6. The van der Waals surface area contributed by atoms with E-state index in [4.69, 9.17) is 23.2 Å². The molecule has 1 heterocycles. The van der Waals surface area contributed by atoms with Crippen molar-refractivity contribution < 1.29 is 8.42 Å². The molecule has 8 heteroatoms. The van der Waals surface area contributed by atoms with Crippen molar-refractivity contribution in [2.45, 2.75) is 11.3 Å². The summed E-state index contributed by atoms with van der Waals surface area (Å²) in [6.07, 6.45) is 0.778. The average molecular weight is 352 g/mol. The van der Waals surface area contributed by atoms with Crippen LogP contribution in [0, 0.1) is 0 Å². The summed E-state index contributed by atoms with van der Waals surface area (Å²) in [4.78, 5) is 2.46. The van der Waals surface area contributed by atoms with Gasteiger partial charge in [-0.05, 0) is 31.2 Å². The van der Waals surface area contributed by atoms with Gasteiger partial charge in [0.05, 0.1) is 14.9 Å². The highest BCUT2D eigenvalue weighted by molar-refractivity contribution is 7.89. The van der Waals surface area contributed by atoms with Crippen LogP contribution in [0.5, 0.6) is 0 Å². The van der Waals surface area contributed by atoms with Gasteiger partial charge in [0.25, 0.3) is 0 Å². The fraction of sp³-hybridized carbons (Fsp3) is 0.538. The normalized spacial score (nSPS) is 17.0. The minimum absolute atomic E-state index is 0.138. The molecule has 2 rings (SSSR count). The van der Waals surface area contributed by atoms with E-state index < -0.39 is 10.0 Å². The van der Waals surface area contributed by atoms with Crippen molar-refractivity contribution in [2.24, 2.45) is 0 Å². The highest BCUT2D eigenvalue weighted by atomic mass is 35.5. The summed E-state index contributed by atoms with van der Waals surface area (Å²) in [7, 11) is -3.53. The number of halogens is 2. The molecule has 118 valence electrons. The van der Waals surface area contributed by atoms with Gasteiger partial charge < -0.3 is 10.2 Å². The van der Waals surface area contributed by atoms with E-state index in [1.54, 1.807) is 0 Å². The maximum absolute atomic E-state index is 12.1. The number of hydrogen-bond donors (Lipinski definition) is 2. The first-order valence-electron chi connectivity index (χ1n) is 6.87. The highest BCUT2D eigenvalue weighted by Gasteiger charge is 2.15. The van der Waals surface area contributed by atoms with Gasteiger partial charge in [-0.15, -0.1) is 0 Å². The van der Waals surface area contributed by atoms with Gasteiger partial charge in [-0.3, -0.25) is 0 Å². The van der Waals surface area contributed by atoms with Gasteiger partial charge in [0.1, 0.15) is 0 Å². The topological polar surface area (TPSA) is 61.4 Å². The molecular formula is C13H19Cl2N3O2S. The van der Waals surface area contributed by atoms with E-state index in [2.05, 4.69) is 14.9 Å². The van der Waals surface area contributed by atoms with Crippen LogP contribution >= 0.6 is 23.2 Å². The molecule has 0 unspecified atom stereocenters. The number of hydrogen-bond acceptors (Lipinski definition) is 4. The van der Waals surface area contributed by atoms with E-state index in [0.717, 1.165) is 39.1 Å². The number of nitrogens with zero attached hydrogens (tertiary/aromatic N) is 1. The Morgan fingerprint density at radius 2 is 1.90 bits per heavy atom. The van der Waals surface area contributed by atoms with Crippen molar-refractivity contribution in [1.29, 1.82) is 0 Å². The van der Waals surface area contributed by atoms with Gasteiger partial charge in [0.15, 0.2) is 0 Å². The third kappa shape index (κ3) is 5.09. The molecule has 5 nitrogen and oxygen atoms in total. The van der Waals surface area contributed by atoms with Crippen LogP contribution in [-0.4, -0.2) is 52.6 Å². The number of piperazine rings is 1. The van der Waals surface area contributed by atoms with Crippen molar-refractivity contribution in [3.63, 3.8) is 0 Å². The van der Waals surface area contributed by atoms with Gasteiger partial charge in [-0.25, -0.2) is 13.1 Å². The SMILES string of the molecule is O=S(=O)(NCCCN1CCNCC1)c1ccc(Cl)c(Cl)c1. The van der Waals surface area contributed by atoms with E-state index in [9.17, 15) is 8.42 Å². The second-order valence-corrected chi connectivity index (χ2v) is 7.50. The number of benzene rings is 1. The molecule has 1 saturated heterocycles. The molecule has 0 radical (unpaired) electrons. The number of sulfonamides is 1. The summed E-state index contributed by atoms with van der Waals surface area (Å²) in [5.41, 5.74) is 0. The molecule has 0 amide bonds. The summed E-state index contributed by atoms with van der Waals surface area (Å²) in [6.45, 7) is 5.32. The van der Waals surface area contributed by atoms with Gasteiger partial charge in [0, 0.05) is 32.7 Å². The van der Waals surface area contributed by atoms with Crippen molar-refractivity contribution >= 4 is 33.2 Å². The van der Waals surface area contributed by atoms with Crippen LogP contribution in [-0.2, 0) is 10.0 Å². The zero-order valence-corrected chi connectivity index (χ0v) is 13.9. The second kappa shape index (κ2) is 7.76. The average Bonchev–Trinajstić information content (AvgIpc) is 2.47. The molecule has 1 aromatic carbocycles. The minimum Gasteiger partial charge on any atom is -0.314 e. The van der Waals surface area contributed by atoms with Gasteiger partial charge >= 0.3 is 0 Å². The second-order valence-electron chi connectivity index (χ2n) is 4.92. The minimum atomic E-state index is -3.53. The maximum Gasteiger partial charge on any atom is 0.240 e. The predicted octanol–water partition coefficient (Wildman–Crippen LogP) is 1.57. The number of rotatable bonds is 6. The van der Waals surface area contributed by atoms with E-state index in [-0.39, 0.29) is 9.92 Å². The lowest BCUT2D eigenvalue weighted by molar-refractivity contribution is 0.239. The molecular weight excluding hydrogens is 333 g/mol. The van der Waals surface area contributed by atoms with Crippen LogP contribution in [0.25, 0.3) is 0 Å². The Balaban J connectivity index is 1.82. The van der Waals surface area contributed by atoms with E-state index in [1.165, 1.54) is 18.2 Å². The Morgan fingerprint density at radius 1 is 1.19 bits per heavy atom. The Kier molecular flexibility index (Phi) is 6.28. The molecule has 0 bridgehead atoms. The molecule has 1 fully saturated rings. The molecule has 1 aliphatic heterocycles. The third-order valence-corrected chi connectivity index (χ3v) is 5.55. The first-order valence-corrected chi connectivity index (χ1v) is 9.11. The Morgan fingerprint density at radius 3 is 2.57 bits per heavy atom. The molecule has 1 aromatic rings. The van der Waals surface area contributed by atoms with Crippen molar-refractivity contribution in [3.8, 4) is 0 Å². The molecule has 0 atom stereocenters. The van der Waals surface area contributed by atoms with E-state index in [0.29, 0.717) is 11.6 Å². The van der Waals surface area contributed by atoms with Gasteiger partial charge in [-0.1, -0.05) is 23.2 Å². The van der Waals surface area contributed by atoms with Crippen LogP contribution in [0.3, 0.4) is 0 Å². The van der Waals surface area contributed by atoms with Crippen molar-refractivity contribution in [2.75, 3.05) is 39.3 Å². The van der Waals surface area contributed by atoms with Crippen LogP contribution < -0.4 is 10.0 Å². The molecule has 0 spiro atoms. The highest BCUT2D eigenvalue weighted by Crippen LogP contribution is 2.24. The Hall–Kier alpha value is -0.370. The molecule has 1 aliphatic rings. The first-order chi connectivity index (χ1) is 9.99. The molecule has 0 aromatic heterocycles. The molecule has 21 heavy (non-hydrogen) atoms. The van der Waals surface area contributed by atoms with Crippen LogP contribution in [0.15, 0.2) is 23.1 Å². The summed E-state index contributed by atoms with van der Waals surface area (Å²) < 4.78 is 26.8. The quantitative estimate of drug-likeness (QED) is 0.763. The summed E-state index contributed by atoms with van der Waals surface area (Å²) >= 11 is 11.6. The van der Waals surface area contributed by atoms with Crippen molar-refractivity contribution in [1.82, 2.24) is 14.9 Å².